The minimum absolute atomic E-state index is 0.0843. The number of amides is 2. The van der Waals surface area contributed by atoms with Crippen LogP contribution in [-0.4, -0.2) is 41.0 Å². The van der Waals surface area contributed by atoms with Gasteiger partial charge in [-0.3, -0.25) is 14.4 Å². The molecule has 0 aliphatic heterocycles. The van der Waals surface area contributed by atoms with Gasteiger partial charge in [-0.15, -0.1) is 0 Å². The molecule has 1 heterocycles. The third kappa shape index (κ3) is 7.47. The van der Waals surface area contributed by atoms with Crippen LogP contribution in [0.25, 0.3) is 0 Å². The van der Waals surface area contributed by atoms with E-state index in [1.807, 2.05) is 0 Å². The van der Waals surface area contributed by atoms with Crippen molar-refractivity contribution in [3.63, 3.8) is 0 Å². The summed E-state index contributed by atoms with van der Waals surface area (Å²) in [5.74, 6) is -0.862. The first-order valence-electron chi connectivity index (χ1n) is 9.23. The van der Waals surface area contributed by atoms with Gasteiger partial charge in [-0.05, 0) is 55.4 Å². The number of pyridine rings is 1. The normalized spacial score (nSPS) is 10.0. The van der Waals surface area contributed by atoms with Gasteiger partial charge >= 0.3 is 5.97 Å². The van der Waals surface area contributed by atoms with E-state index in [0.29, 0.717) is 35.7 Å². The summed E-state index contributed by atoms with van der Waals surface area (Å²) in [7, 11) is 0. The lowest BCUT2D eigenvalue weighted by molar-refractivity contribution is -0.143. The Bertz CT molecular complexity index is 935. The number of hydrogen-bond acceptors (Lipinski definition) is 6. The van der Waals surface area contributed by atoms with Crippen LogP contribution in [0.5, 0.6) is 0 Å². The molecule has 0 aliphatic rings. The molecular formula is C20H23N5O4S. The summed E-state index contributed by atoms with van der Waals surface area (Å²) in [6.45, 7) is 1.80. The van der Waals surface area contributed by atoms with Gasteiger partial charge in [-0.2, -0.15) is 0 Å². The molecule has 0 atom stereocenters. The van der Waals surface area contributed by atoms with E-state index in [4.69, 9.17) is 22.7 Å². The van der Waals surface area contributed by atoms with Crippen LogP contribution in [0.3, 0.4) is 0 Å². The summed E-state index contributed by atoms with van der Waals surface area (Å²) in [6, 6.07) is 10.0. The van der Waals surface area contributed by atoms with Crippen molar-refractivity contribution in [1.29, 1.82) is 0 Å². The molecule has 30 heavy (non-hydrogen) atoms. The number of carbonyl (C=O) groups is 3. The van der Waals surface area contributed by atoms with Crippen LogP contribution in [0.2, 0.25) is 0 Å². The van der Waals surface area contributed by atoms with Crippen LogP contribution >= 0.6 is 12.2 Å². The predicted molar refractivity (Wildman–Crippen MR) is 117 cm³/mol. The highest BCUT2D eigenvalue weighted by atomic mass is 32.1. The zero-order chi connectivity index (χ0) is 21.9. The number of ether oxygens (including phenoxy) is 1. The number of rotatable bonds is 9. The van der Waals surface area contributed by atoms with Gasteiger partial charge in [-0.25, -0.2) is 4.98 Å². The first-order valence-corrected chi connectivity index (χ1v) is 9.64. The lowest BCUT2D eigenvalue weighted by atomic mass is 10.1. The number of benzene rings is 1. The van der Waals surface area contributed by atoms with Crippen molar-refractivity contribution in [3.05, 3.63) is 53.7 Å². The molecule has 0 saturated heterocycles. The first-order chi connectivity index (χ1) is 14.4. The molecule has 1 aromatic heterocycles. The van der Waals surface area contributed by atoms with Crippen LogP contribution in [0.4, 0.5) is 11.5 Å². The summed E-state index contributed by atoms with van der Waals surface area (Å²) in [6.07, 6.45) is 2.08. The lowest BCUT2D eigenvalue weighted by Crippen LogP contribution is -2.33. The summed E-state index contributed by atoms with van der Waals surface area (Å²) < 4.78 is 4.91. The standard InChI is InChI=1S/C20H23N5O4S/c1-2-29-17(27)9-8-13-6-4-10-22-18(13)25-16(26)12-23-19(28)14-5-3-7-15(11-14)24-20(21)30/h3-7,10-11H,2,8-9,12H2,1H3,(H,23,28)(H3,21,24,30)(H,22,25,26). The minimum Gasteiger partial charge on any atom is -0.466 e. The predicted octanol–water partition coefficient (Wildman–Crippen LogP) is 1.60. The molecule has 0 fully saturated rings. The van der Waals surface area contributed by atoms with E-state index >= 15 is 0 Å². The van der Waals surface area contributed by atoms with Crippen molar-refractivity contribution in [2.75, 3.05) is 23.8 Å². The van der Waals surface area contributed by atoms with E-state index in [2.05, 4.69) is 20.9 Å². The molecule has 0 spiro atoms. The summed E-state index contributed by atoms with van der Waals surface area (Å²) in [5.41, 5.74) is 7.03. The topological polar surface area (TPSA) is 135 Å². The second-order valence-corrected chi connectivity index (χ2v) is 6.56. The van der Waals surface area contributed by atoms with Crippen molar-refractivity contribution < 1.29 is 19.1 Å². The zero-order valence-electron chi connectivity index (χ0n) is 16.4. The molecule has 0 aliphatic carbocycles. The minimum atomic E-state index is -0.447. The fourth-order valence-electron chi connectivity index (χ4n) is 2.54. The Balaban J connectivity index is 1.91. The van der Waals surface area contributed by atoms with Gasteiger partial charge in [0.1, 0.15) is 5.82 Å². The number of hydrogen-bond donors (Lipinski definition) is 4. The van der Waals surface area contributed by atoms with E-state index < -0.39 is 11.8 Å². The summed E-state index contributed by atoms with van der Waals surface area (Å²) >= 11 is 4.77. The highest BCUT2D eigenvalue weighted by molar-refractivity contribution is 7.80. The number of aryl methyl sites for hydroxylation is 1. The van der Waals surface area contributed by atoms with Crippen molar-refractivity contribution in [1.82, 2.24) is 10.3 Å². The highest BCUT2D eigenvalue weighted by Gasteiger charge is 2.12. The van der Waals surface area contributed by atoms with Crippen LogP contribution in [0.15, 0.2) is 42.6 Å². The summed E-state index contributed by atoms with van der Waals surface area (Å²) in [5, 5.41) is 8.01. The number of carbonyl (C=O) groups excluding carboxylic acids is 3. The molecule has 158 valence electrons. The number of esters is 1. The summed E-state index contributed by atoms with van der Waals surface area (Å²) in [4.78, 5) is 40.2. The number of thiocarbonyl (C=S) groups is 1. The number of nitrogens with two attached hydrogens (primary N) is 1. The number of aromatic nitrogens is 1. The largest absolute Gasteiger partial charge is 0.466 e. The van der Waals surface area contributed by atoms with Gasteiger partial charge in [0, 0.05) is 23.9 Å². The molecule has 9 nitrogen and oxygen atoms in total. The van der Waals surface area contributed by atoms with Gasteiger partial charge in [0.25, 0.3) is 5.91 Å². The maximum Gasteiger partial charge on any atom is 0.306 e. The van der Waals surface area contributed by atoms with Crippen molar-refractivity contribution in [3.8, 4) is 0 Å². The molecule has 2 aromatic rings. The second-order valence-electron chi connectivity index (χ2n) is 6.12. The molecule has 2 amide bonds. The van der Waals surface area contributed by atoms with Crippen LogP contribution < -0.4 is 21.7 Å². The average Bonchev–Trinajstić information content (AvgIpc) is 2.71. The Kier molecular flexibility index (Phi) is 8.70. The van der Waals surface area contributed by atoms with Crippen LogP contribution in [0.1, 0.15) is 29.3 Å². The van der Waals surface area contributed by atoms with E-state index in [-0.39, 0.29) is 24.0 Å². The quantitative estimate of drug-likeness (QED) is 0.349. The maximum absolute atomic E-state index is 12.3. The number of nitrogens with zero attached hydrogens (tertiary/aromatic N) is 1. The van der Waals surface area contributed by atoms with E-state index in [9.17, 15) is 14.4 Å². The van der Waals surface area contributed by atoms with Crippen molar-refractivity contribution in [2.24, 2.45) is 5.73 Å². The third-order valence-corrected chi connectivity index (χ3v) is 3.96. The van der Waals surface area contributed by atoms with Crippen LogP contribution in [-0.2, 0) is 20.7 Å². The Morgan fingerprint density at radius 1 is 1.17 bits per heavy atom. The Labute approximate surface area is 179 Å². The number of nitrogens with one attached hydrogen (secondary N) is 3. The van der Waals surface area contributed by atoms with Crippen molar-refractivity contribution >= 4 is 46.6 Å². The molecule has 10 heteroatoms. The van der Waals surface area contributed by atoms with E-state index in [1.165, 1.54) is 6.20 Å². The average molecular weight is 430 g/mol. The highest BCUT2D eigenvalue weighted by Crippen LogP contribution is 2.14. The Morgan fingerprint density at radius 3 is 2.70 bits per heavy atom. The molecule has 2 rings (SSSR count). The fraction of sp³-hybridized carbons (Fsp3) is 0.250. The zero-order valence-corrected chi connectivity index (χ0v) is 17.3. The van der Waals surface area contributed by atoms with Gasteiger partial charge in [0.05, 0.1) is 13.2 Å². The monoisotopic (exact) mass is 429 g/mol. The van der Waals surface area contributed by atoms with Gasteiger partial charge < -0.3 is 26.4 Å². The molecule has 0 unspecified atom stereocenters. The molecule has 0 radical (unpaired) electrons. The lowest BCUT2D eigenvalue weighted by Gasteiger charge is -2.11. The van der Waals surface area contributed by atoms with Crippen LogP contribution in [0, 0.1) is 0 Å². The second kappa shape index (κ2) is 11.5. The molecule has 0 saturated carbocycles. The first kappa shape index (κ1) is 22.8. The number of anilines is 2. The molecular weight excluding hydrogens is 406 g/mol. The molecule has 0 bridgehead atoms. The third-order valence-electron chi connectivity index (χ3n) is 3.85. The van der Waals surface area contributed by atoms with Crippen molar-refractivity contribution in [2.45, 2.75) is 19.8 Å². The maximum atomic E-state index is 12.3. The van der Waals surface area contributed by atoms with Gasteiger partial charge in [-0.1, -0.05) is 12.1 Å². The Morgan fingerprint density at radius 2 is 1.97 bits per heavy atom. The van der Waals surface area contributed by atoms with E-state index in [0.717, 1.165) is 0 Å². The smallest absolute Gasteiger partial charge is 0.306 e. The Hall–Kier alpha value is -3.53. The molecule has 5 N–H and O–H groups in total. The van der Waals surface area contributed by atoms with E-state index in [1.54, 1.807) is 43.3 Å². The fourth-order valence-corrected chi connectivity index (χ4v) is 2.66. The SMILES string of the molecule is CCOC(=O)CCc1cccnc1NC(=O)CNC(=O)c1cccc(NC(N)=S)c1. The van der Waals surface area contributed by atoms with Gasteiger partial charge in [0.15, 0.2) is 5.11 Å². The molecule has 1 aromatic carbocycles. The van der Waals surface area contributed by atoms with Gasteiger partial charge in [0.2, 0.25) is 5.91 Å².